The topological polar surface area (TPSA) is 122 Å². The molecule has 1 atom stereocenters. The number of rotatable bonds is 6. The fourth-order valence-corrected chi connectivity index (χ4v) is 2.19. The van der Waals surface area contributed by atoms with Crippen molar-refractivity contribution in [3.05, 3.63) is 24.3 Å². The van der Waals surface area contributed by atoms with E-state index >= 15 is 0 Å². The third-order valence-corrected chi connectivity index (χ3v) is 3.24. The molecule has 0 fully saturated rings. The zero-order chi connectivity index (χ0) is 17.4. The van der Waals surface area contributed by atoms with E-state index in [0.29, 0.717) is 17.4 Å². The first-order valence-corrected chi connectivity index (χ1v) is 7.48. The molecule has 0 aromatic heterocycles. The first-order valence-electron chi connectivity index (χ1n) is 6.50. The van der Waals surface area contributed by atoms with Crippen LogP contribution in [0.3, 0.4) is 0 Å². The fourth-order valence-electron chi connectivity index (χ4n) is 1.51. The number of carbonyl (C=O) groups is 4. The van der Waals surface area contributed by atoms with Crippen LogP contribution in [0.15, 0.2) is 24.3 Å². The summed E-state index contributed by atoms with van der Waals surface area (Å²) < 4.78 is 5.02. The highest BCUT2D eigenvalue weighted by atomic mass is 32.2. The molecule has 2 amide bonds. The maximum atomic E-state index is 11.7. The number of ether oxygens (including phenoxy) is 1. The zero-order valence-electron chi connectivity index (χ0n) is 12.5. The molecule has 0 unspecified atom stereocenters. The van der Waals surface area contributed by atoms with Crippen molar-refractivity contribution in [2.24, 2.45) is 0 Å². The van der Waals surface area contributed by atoms with Crippen molar-refractivity contribution >= 4 is 40.5 Å². The van der Waals surface area contributed by atoms with Crippen LogP contribution in [0.25, 0.3) is 0 Å². The maximum Gasteiger partial charge on any atom is 0.372 e. The van der Waals surface area contributed by atoms with Crippen molar-refractivity contribution in [2.75, 3.05) is 11.1 Å². The summed E-state index contributed by atoms with van der Waals surface area (Å²) in [5, 5.41) is 13.0. The molecule has 9 heteroatoms. The van der Waals surface area contributed by atoms with Gasteiger partial charge in [0.2, 0.25) is 11.8 Å². The number of nitrogens with one attached hydrogen (secondary N) is 2. The normalized spacial score (nSPS) is 11.2. The minimum Gasteiger partial charge on any atom is -0.480 e. The van der Waals surface area contributed by atoms with Crippen molar-refractivity contribution in [1.29, 1.82) is 0 Å². The Kier molecular flexibility index (Phi) is 7.07. The Balaban J connectivity index is 2.51. The predicted molar refractivity (Wildman–Crippen MR) is 84.5 cm³/mol. The van der Waals surface area contributed by atoms with Gasteiger partial charge in [0.05, 0.1) is 0 Å². The second kappa shape index (κ2) is 8.79. The lowest BCUT2D eigenvalue weighted by Crippen LogP contribution is -2.41. The smallest absolute Gasteiger partial charge is 0.372 e. The quantitative estimate of drug-likeness (QED) is 0.670. The summed E-state index contributed by atoms with van der Waals surface area (Å²) in [6, 6.07) is 4.93. The van der Waals surface area contributed by atoms with Gasteiger partial charge in [-0.15, -0.1) is 0 Å². The summed E-state index contributed by atoms with van der Waals surface area (Å²) in [4.78, 5) is 44.3. The molecule has 0 saturated carbocycles. The second-order valence-corrected chi connectivity index (χ2v) is 5.42. The van der Waals surface area contributed by atoms with Crippen LogP contribution in [0, 0.1) is 0 Å². The number of aliphatic carboxylic acids is 1. The van der Waals surface area contributed by atoms with Crippen molar-refractivity contribution in [2.45, 2.75) is 19.9 Å². The number of carbonyl (C=O) groups excluding carboxylic acids is 3. The van der Waals surface area contributed by atoms with Gasteiger partial charge >= 0.3 is 11.3 Å². The fraction of sp³-hybridized carbons (Fsp3) is 0.286. The molecule has 0 radical (unpaired) electrons. The van der Waals surface area contributed by atoms with Gasteiger partial charge in [-0.25, -0.2) is 9.59 Å². The molecule has 0 saturated heterocycles. The van der Waals surface area contributed by atoms with Gasteiger partial charge in [-0.3, -0.25) is 9.59 Å². The summed E-state index contributed by atoms with van der Waals surface area (Å²) >= 11 is 0.638. The van der Waals surface area contributed by atoms with Crippen LogP contribution in [-0.2, 0) is 14.4 Å². The third kappa shape index (κ3) is 7.32. The van der Waals surface area contributed by atoms with Gasteiger partial charge < -0.3 is 20.5 Å². The summed E-state index contributed by atoms with van der Waals surface area (Å²) in [6.45, 7) is 2.56. The second-order valence-electron chi connectivity index (χ2n) is 4.46. The van der Waals surface area contributed by atoms with Crippen molar-refractivity contribution in [3.8, 4) is 5.75 Å². The van der Waals surface area contributed by atoms with E-state index in [2.05, 4.69) is 10.6 Å². The van der Waals surface area contributed by atoms with Gasteiger partial charge in [0.15, 0.2) is 0 Å². The van der Waals surface area contributed by atoms with Crippen molar-refractivity contribution < 1.29 is 29.0 Å². The lowest BCUT2D eigenvalue weighted by molar-refractivity contribution is -0.140. The Bertz CT molecular complexity index is 602. The minimum absolute atomic E-state index is 0.155. The minimum atomic E-state index is -1.24. The van der Waals surface area contributed by atoms with Crippen molar-refractivity contribution in [1.82, 2.24) is 5.32 Å². The number of hydrogen-bond donors (Lipinski definition) is 3. The Hall–Kier alpha value is -2.55. The molecule has 1 aromatic carbocycles. The SMILES string of the molecule is CC(=O)Nc1ccc(OC(=O)SC[C@H](NC(C)=O)C(=O)O)cc1. The van der Waals surface area contributed by atoms with Gasteiger partial charge in [0, 0.05) is 25.3 Å². The molecule has 0 bridgehead atoms. The Morgan fingerprint density at radius 3 is 2.22 bits per heavy atom. The zero-order valence-corrected chi connectivity index (χ0v) is 13.3. The van der Waals surface area contributed by atoms with E-state index in [1.165, 1.54) is 26.0 Å². The summed E-state index contributed by atoms with van der Waals surface area (Å²) in [6.07, 6.45) is 0. The van der Waals surface area contributed by atoms with E-state index in [0.717, 1.165) is 0 Å². The van der Waals surface area contributed by atoms with Gasteiger partial charge in [-0.2, -0.15) is 0 Å². The molecule has 8 nitrogen and oxygen atoms in total. The molecule has 124 valence electrons. The van der Waals surface area contributed by atoms with Gasteiger partial charge in [-0.1, -0.05) is 0 Å². The third-order valence-electron chi connectivity index (χ3n) is 2.42. The largest absolute Gasteiger partial charge is 0.480 e. The molecule has 1 aromatic rings. The van der Waals surface area contributed by atoms with Crippen molar-refractivity contribution in [3.63, 3.8) is 0 Å². The van der Waals surface area contributed by atoms with E-state index in [1.807, 2.05) is 0 Å². The Morgan fingerprint density at radius 2 is 1.74 bits per heavy atom. The van der Waals surface area contributed by atoms with Crippen LogP contribution in [0.5, 0.6) is 5.75 Å². The average Bonchev–Trinajstić information content (AvgIpc) is 2.44. The molecular formula is C14H16N2O6S. The lowest BCUT2D eigenvalue weighted by atomic mass is 10.3. The van der Waals surface area contributed by atoms with Crippen LogP contribution in [0.4, 0.5) is 10.5 Å². The van der Waals surface area contributed by atoms with Gasteiger partial charge in [0.1, 0.15) is 11.8 Å². The van der Waals surface area contributed by atoms with Gasteiger partial charge in [0.25, 0.3) is 0 Å². The Morgan fingerprint density at radius 1 is 1.13 bits per heavy atom. The summed E-state index contributed by atoms with van der Waals surface area (Å²) in [5.74, 6) is -1.86. The standard InChI is InChI=1S/C14H16N2O6S/c1-8(17)15-10-3-5-11(6-4-10)22-14(21)23-7-12(13(19)20)16-9(2)18/h3-6,12H,7H2,1-2H3,(H,15,17)(H,16,18)(H,19,20)/t12-/m0/s1. The van der Waals surface area contributed by atoms with E-state index in [9.17, 15) is 19.2 Å². The summed E-state index contributed by atoms with van der Waals surface area (Å²) in [7, 11) is 0. The predicted octanol–water partition coefficient (Wildman–Crippen LogP) is 1.47. The monoisotopic (exact) mass is 340 g/mol. The number of thioether (sulfide) groups is 1. The highest BCUT2D eigenvalue weighted by molar-refractivity contribution is 8.13. The van der Waals surface area contributed by atoms with E-state index in [4.69, 9.17) is 9.84 Å². The van der Waals surface area contributed by atoms with Crippen LogP contribution in [-0.4, -0.2) is 40.0 Å². The van der Waals surface area contributed by atoms with E-state index < -0.39 is 23.2 Å². The lowest BCUT2D eigenvalue weighted by Gasteiger charge is -2.12. The molecule has 0 heterocycles. The highest BCUT2D eigenvalue weighted by Gasteiger charge is 2.20. The molecule has 0 aliphatic heterocycles. The number of anilines is 1. The van der Waals surface area contributed by atoms with Crippen LogP contribution < -0.4 is 15.4 Å². The van der Waals surface area contributed by atoms with Crippen LogP contribution in [0.2, 0.25) is 0 Å². The number of carboxylic acids is 1. The van der Waals surface area contributed by atoms with Gasteiger partial charge in [-0.05, 0) is 36.0 Å². The number of hydrogen-bond acceptors (Lipinski definition) is 6. The molecular weight excluding hydrogens is 324 g/mol. The number of amides is 2. The maximum absolute atomic E-state index is 11.7. The van der Waals surface area contributed by atoms with Crippen LogP contribution in [0.1, 0.15) is 13.8 Å². The molecule has 3 N–H and O–H groups in total. The molecule has 0 aliphatic rings. The Labute approximate surface area is 136 Å². The molecule has 0 spiro atoms. The molecule has 23 heavy (non-hydrogen) atoms. The van der Waals surface area contributed by atoms with E-state index in [1.54, 1.807) is 12.1 Å². The number of benzene rings is 1. The first-order chi connectivity index (χ1) is 10.8. The molecule has 1 rings (SSSR count). The first kappa shape index (κ1) is 18.5. The average molecular weight is 340 g/mol. The van der Waals surface area contributed by atoms with E-state index in [-0.39, 0.29) is 17.4 Å². The van der Waals surface area contributed by atoms with Crippen LogP contribution >= 0.6 is 11.8 Å². The number of carboxylic acid groups (broad SMARTS) is 1. The molecule has 0 aliphatic carbocycles. The summed E-state index contributed by atoms with van der Waals surface area (Å²) in [5.41, 5.74) is 0.557. The highest BCUT2D eigenvalue weighted by Crippen LogP contribution is 2.18.